The van der Waals surface area contributed by atoms with Crippen molar-refractivity contribution in [3.05, 3.63) is 0 Å². The van der Waals surface area contributed by atoms with Crippen LogP contribution in [0.25, 0.3) is 0 Å². The first-order valence-corrected chi connectivity index (χ1v) is 7.49. The maximum absolute atomic E-state index is 12.0. The van der Waals surface area contributed by atoms with Gasteiger partial charge in [0, 0.05) is 18.5 Å². The Balaban J connectivity index is 0.00000180. The van der Waals surface area contributed by atoms with Gasteiger partial charge in [-0.05, 0) is 65.2 Å². The fourth-order valence-corrected chi connectivity index (χ4v) is 3.03. The molecule has 0 bridgehead atoms. The zero-order valence-electron chi connectivity index (χ0n) is 12.4. The monoisotopic (exact) mass is 325 g/mol. The smallest absolute Gasteiger partial charge is 0.223 e. The van der Waals surface area contributed by atoms with E-state index in [1.807, 2.05) is 0 Å². The van der Waals surface area contributed by atoms with E-state index in [2.05, 4.69) is 22.5 Å². The molecule has 0 aliphatic carbocycles. The number of hydrogen-bond acceptors (Lipinski definition) is 3. The molecular formula is C14H29Cl2N3O. The molecule has 120 valence electrons. The zero-order valence-corrected chi connectivity index (χ0v) is 14.0. The van der Waals surface area contributed by atoms with Crippen molar-refractivity contribution in [3.8, 4) is 0 Å². The van der Waals surface area contributed by atoms with Crippen molar-refractivity contribution in [1.29, 1.82) is 0 Å². The summed E-state index contributed by atoms with van der Waals surface area (Å²) in [6, 6.07) is 0.485. The number of nitrogens with one attached hydrogen (secondary N) is 2. The largest absolute Gasteiger partial charge is 0.356 e. The van der Waals surface area contributed by atoms with Crippen molar-refractivity contribution < 1.29 is 4.79 Å². The molecule has 0 unspecified atom stereocenters. The molecule has 6 heteroatoms. The number of halogens is 2. The second-order valence-corrected chi connectivity index (χ2v) is 5.77. The average Bonchev–Trinajstić information content (AvgIpc) is 2.87. The molecule has 0 aromatic rings. The van der Waals surface area contributed by atoms with Gasteiger partial charge in [-0.1, -0.05) is 0 Å². The summed E-state index contributed by atoms with van der Waals surface area (Å²) >= 11 is 0. The first kappa shape index (κ1) is 20.0. The minimum absolute atomic E-state index is 0. The standard InChI is InChI=1S/C14H27N3O.2ClH/c1-12-11-13(5-7-15-12)14(18)16-6-4-10-17-8-2-3-9-17;;/h12-13,15H,2-11H2,1H3,(H,16,18);2*1H/t12-,13-;;/m0../s1. The summed E-state index contributed by atoms with van der Waals surface area (Å²) in [4.78, 5) is 14.5. The Hall–Kier alpha value is -0.0300. The van der Waals surface area contributed by atoms with Gasteiger partial charge in [0.05, 0.1) is 0 Å². The summed E-state index contributed by atoms with van der Waals surface area (Å²) in [7, 11) is 0. The van der Waals surface area contributed by atoms with Crippen molar-refractivity contribution in [3.63, 3.8) is 0 Å². The van der Waals surface area contributed by atoms with Crippen LogP contribution in [0.1, 0.15) is 39.0 Å². The van der Waals surface area contributed by atoms with E-state index < -0.39 is 0 Å². The molecule has 2 aliphatic rings. The minimum Gasteiger partial charge on any atom is -0.356 e. The highest BCUT2D eigenvalue weighted by atomic mass is 35.5. The summed E-state index contributed by atoms with van der Waals surface area (Å²) in [5.41, 5.74) is 0. The van der Waals surface area contributed by atoms with Crippen LogP contribution in [-0.4, -0.2) is 49.6 Å². The van der Waals surface area contributed by atoms with E-state index in [1.54, 1.807) is 0 Å². The van der Waals surface area contributed by atoms with E-state index >= 15 is 0 Å². The highest BCUT2D eigenvalue weighted by Gasteiger charge is 2.24. The average molecular weight is 326 g/mol. The fraction of sp³-hybridized carbons (Fsp3) is 0.929. The number of rotatable bonds is 5. The highest BCUT2D eigenvalue weighted by Crippen LogP contribution is 2.15. The van der Waals surface area contributed by atoms with Crippen molar-refractivity contribution in [2.45, 2.75) is 45.1 Å². The third kappa shape index (κ3) is 6.61. The summed E-state index contributed by atoms with van der Waals surface area (Å²) in [6.45, 7) is 7.62. The van der Waals surface area contributed by atoms with Crippen LogP contribution in [0, 0.1) is 5.92 Å². The van der Waals surface area contributed by atoms with Crippen molar-refractivity contribution >= 4 is 30.7 Å². The molecule has 0 radical (unpaired) electrons. The van der Waals surface area contributed by atoms with Gasteiger partial charge in [0.1, 0.15) is 0 Å². The van der Waals surface area contributed by atoms with E-state index in [9.17, 15) is 4.79 Å². The quantitative estimate of drug-likeness (QED) is 0.758. The lowest BCUT2D eigenvalue weighted by Gasteiger charge is -2.27. The van der Waals surface area contributed by atoms with Gasteiger partial charge in [-0.2, -0.15) is 0 Å². The molecule has 2 aliphatic heterocycles. The van der Waals surface area contributed by atoms with Crippen LogP contribution in [0.3, 0.4) is 0 Å². The first-order valence-electron chi connectivity index (χ1n) is 7.49. The van der Waals surface area contributed by atoms with E-state index in [0.717, 1.165) is 38.9 Å². The van der Waals surface area contributed by atoms with Gasteiger partial charge in [-0.25, -0.2) is 0 Å². The maximum Gasteiger partial charge on any atom is 0.223 e. The summed E-state index contributed by atoms with van der Waals surface area (Å²) in [5, 5.41) is 6.49. The van der Waals surface area contributed by atoms with E-state index in [-0.39, 0.29) is 36.6 Å². The Morgan fingerprint density at radius 2 is 2.00 bits per heavy atom. The van der Waals surface area contributed by atoms with Gasteiger partial charge in [-0.15, -0.1) is 24.8 Å². The molecule has 0 saturated carbocycles. The van der Waals surface area contributed by atoms with Crippen molar-refractivity contribution in [1.82, 2.24) is 15.5 Å². The lowest BCUT2D eigenvalue weighted by Crippen LogP contribution is -2.42. The van der Waals surface area contributed by atoms with Crippen LogP contribution in [0.2, 0.25) is 0 Å². The van der Waals surface area contributed by atoms with Crippen LogP contribution < -0.4 is 10.6 Å². The van der Waals surface area contributed by atoms with Gasteiger partial charge < -0.3 is 15.5 Å². The van der Waals surface area contributed by atoms with Crippen LogP contribution in [0.5, 0.6) is 0 Å². The third-order valence-corrected chi connectivity index (χ3v) is 4.14. The van der Waals surface area contributed by atoms with Crippen LogP contribution >= 0.6 is 24.8 Å². The number of nitrogens with zero attached hydrogens (tertiary/aromatic N) is 1. The fourth-order valence-electron chi connectivity index (χ4n) is 3.03. The van der Waals surface area contributed by atoms with Crippen LogP contribution in [0.15, 0.2) is 0 Å². The summed E-state index contributed by atoms with van der Waals surface area (Å²) < 4.78 is 0. The lowest BCUT2D eigenvalue weighted by molar-refractivity contribution is -0.126. The molecule has 0 spiro atoms. The molecule has 2 atom stereocenters. The molecule has 4 nitrogen and oxygen atoms in total. The molecule has 2 saturated heterocycles. The highest BCUT2D eigenvalue weighted by molar-refractivity contribution is 5.85. The van der Waals surface area contributed by atoms with Crippen LogP contribution in [-0.2, 0) is 4.79 Å². The topological polar surface area (TPSA) is 44.4 Å². The maximum atomic E-state index is 12.0. The molecule has 0 aromatic carbocycles. The third-order valence-electron chi connectivity index (χ3n) is 4.14. The van der Waals surface area contributed by atoms with Crippen LogP contribution in [0.4, 0.5) is 0 Å². The summed E-state index contributed by atoms with van der Waals surface area (Å²) in [5.74, 6) is 0.498. The predicted molar refractivity (Wildman–Crippen MR) is 88.0 cm³/mol. The molecule has 20 heavy (non-hydrogen) atoms. The Bertz CT molecular complexity index is 273. The molecule has 2 N–H and O–H groups in total. The van der Waals surface area contributed by atoms with Crippen molar-refractivity contribution in [2.24, 2.45) is 5.92 Å². The Kier molecular flexibility index (Phi) is 10.6. The second kappa shape index (κ2) is 10.7. The second-order valence-electron chi connectivity index (χ2n) is 5.77. The Labute approximate surface area is 135 Å². The Morgan fingerprint density at radius 1 is 1.30 bits per heavy atom. The first-order chi connectivity index (χ1) is 8.75. The molecule has 1 amide bonds. The van der Waals surface area contributed by atoms with Gasteiger partial charge in [-0.3, -0.25) is 4.79 Å². The SMILES string of the molecule is C[C@H]1C[C@@H](C(=O)NCCCN2CCCC2)CCN1.Cl.Cl. The number of likely N-dealkylation sites (tertiary alicyclic amines) is 1. The van der Waals surface area contributed by atoms with Gasteiger partial charge in [0.2, 0.25) is 5.91 Å². The van der Waals surface area contributed by atoms with Gasteiger partial charge in [0.25, 0.3) is 0 Å². The molecule has 2 rings (SSSR count). The number of piperidine rings is 1. The normalized spacial score (nSPS) is 26.4. The van der Waals surface area contributed by atoms with E-state index in [1.165, 1.54) is 25.9 Å². The Morgan fingerprint density at radius 3 is 2.65 bits per heavy atom. The molecule has 2 fully saturated rings. The molecule has 0 aromatic heterocycles. The van der Waals surface area contributed by atoms with Gasteiger partial charge in [0.15, 0.2) is 0 Å². The molecule has 2 heterocycles. The summed E-state index contributed by atoms with van der Waals surface area (Å²) in [6.07, 6.45) is 5.76. The minimum atomic E-state index is 0. The van der Waals surface area contributed by atoms with E-state index in [0.29, 0.717) is 6.04 Å². The predicted octanol–water partition coefficient (Wildman–Crippen LogP) is 1.82. The van der Waals surface area contributed by atoms with Gasteiger partial charge >= 0.3 is 0 Å². The lowest BCUT2D eigenvalue weighted by atomic mass is 9.92. The molecular weight excluding hydrogens is 297 g/mol. The van der Waals surface area contributed by atoms with Crippen molar-refractivity contribution in [2.75, 3.05) is 32.7 Å². The number of carbonyl (C=O) groups excluding carboxylic acids is 1. The number of hydrogen-bond donors (Lipinski definition) is 2. The number of amides is 1. The number of carbonyl (C=O) groups is 1. The van der Waals surface area contributed by atoms with E-state index in [4.69, 9.17) is 0 Å². The zero-order chi connectivity index (χ0) is 12.8.